The number of alkyl halides is 3. The number of aromatic nitrogens is 1. The molecule has 178 valence electrons. The third-order valence-electron chi connectivity index (χ3n) is 5.62. The van der Waals surface area contributed by atoms with Gasteiger partial charge in [-0.3, -0.25) is 9.59 Å². The molecule has 0 atom stereocenters. The average Bonchev–Trinajstić information content (AvgIpc) is 3.24. The van der Waals surface area contributed by atoms with Gasteiger partial charge in [-0.15, -0.1) is 11.3 Å². The van der Waals surface area contributed by atoms with E-state index in [0.717, 1.165) is 29.2 Å². The van der Waals surface area contributed by atoms with E-state index in [9.17, 15) is 22.8 Å². The second-order valence-electron chi connectivity index (χ2n) is 7.89. The summed E-state index contributed by atoms with van der Waals surface area (Å²) in [5, 5.41) is 3.10. The van der Waals surface area contributed by atoms with Gasteiger partial charge in [0.2, 0.25) is 5.91 Å². The van der Waals surface area contributed by atoms with Gasteiger partial charge in [0, 0.05) is 37.4 Å². The Morgan fingerprint density at radius 2 is 1.65 bits per heavy atom. The van der Waals surface area contributed by atoms with Crippen molar-refractivity contribution in [1.29, 1.82) is 0 Å². The first-order chi connectivity index (χ1) is 16.2. The molecule has 10 heteroatoms. The number of nitrogens with zero attached hydrogens (tertiary/aromatic N) is 3. The first-order valence-corrected chi connectivity index (χ1v) is 11.5. The average molecular weight is 489 g/mol. The van der Waals surface area contributed by atoms with Gasteiger partial charge in [-0.2, -0.15) is 13.2 Å². The molecule has 1 aromatic heterocycles. The molecule has 1 saturated heterocycles. The second-order valence-corrected chi connectivity index (χ2v) is 8.89. The zero-order valence-corrected chi connectivity index (χ0v) is 19.2. The van der Waals surface area contributed by atoms with E-state index in [2.05, 4.69) is 15.2 Å². The minimum atomic E-state index is -4.41. The van der Waals surface area contributed by atoms with Crippen LogP contribution in [0.25, 0.3) is 10.6 Å². The normalized spacial score (nSPS) is 14.2. The fourth-order valence-electron chi connectivity index (χ4n) is 3.73. The maximum absolute atomic E-state index is 12.8. The molecule has 2 heterocycles. The van der Waals surface area contributed by atoms with Gasteiger partial charge in [-0.25, -0.2) is 4.98 Å². The van der Waals surface area contributed by atoms with Crippen molar-refractivity contribution in [2.45, 2.75) is 13.1 Å². The monoisotopic (exact) mass is 488 g/mol. The van der Waals surface area contributed by atoms with E-state index >= 15 is 0 Å². The minimum absolute atomic E-state index is 0.128. The molecule has 1 N–H and O–H groups in total. The molecule has 6 nitrogen and oxygen atoms in total. The number of amides is 2. The van der Waals surface area contributed by atoms with E-state index in [1.807, 2.05) is 30.3 Å². The molecule has 2 aromatic carbocycles. The predicted molar refractivity (Wildman–Crippen MR) is 125 cm³/mol. The number of aryl methyl sites for hydroxylation is 1. The highest BCUT2D eigenvalue weighted by molar-refractivity contribution is 7.17. The molecule has 0 bridgehead atoms. The van der Waals surface area contributed by atoms with Crippen LogP contribution in [0.3, 0.4) is 0 Å². The molecular formula is C24H23F3N4O2S. The van der Waals surface area contributed by atoms with Crippen molar-refractivity contribution < 1.29 is 22.8 Å². The second kappa shape index (κ2) is 9.84. The van der Waals surface area contributed by atoms with Crippen LogP contribution in [-0.4, -0.2) is 54.4 Å². The van der Waals surface area contributed by atoms with Gasteiger partial charge >= 0.3 is 6.18 Å². The highest BCUT2D eigenvalue weighted by Crippen LogP contribution is 2.33. The zero-order valence-electron chi connectivity index (χ0n) is 18.4. The lowest BCUT2D eigenvalue weighted by Gasteiger charge is -2.36. The molecule has 4 rings (SSSR count). The van der Waals surface area contributed by atoms with Crippen molar-refractivity contribution in [3.63, 3.8) is 0 Å². The van der Waals surface area contributed by atoms with Crippen molar-refractivity contribution in [2.24, 2.45) is 0 Å². The van der Waals surface area contributed by atoms with Crippen LogP contribution in [0, 0.1) is 6.92 Å². The van der Waals surface area contributed by atoms with Gasteiger partial charge in [0.25, 0.3) is 5.91 Å². The lowest BCUT2D eigenvalue weighted by molar-refractivity contribution is -0.137. The Morgan fingerprint density at radius 1 is 1.00 bits per heavy atom. The number of rotatable bonds is 5. The Balaban J connectivity index is 1.32. The van der Waals surface area contributed by atoms with Crippen molar-refractivity contribution in [2.75, 3.05) is 37.6 Å². The Morgan fingerprint density at radius 3 is 2.26 bits per heavy atom. The minimum Gasteiger partial charge on any atom is -0.368 e. The predicted octanol–water partition coefficient (Wildman–Crippen LogP) is 4.22. The lowest BCUT2D eigenvalue weighted by Crippen LogP contribution is -2.51. The third-order valence-corrected chi connectivity index (χ3v) is 6.82. The van der Waals surface area contributed by atoms with Gasteiger partial charge in [-0.1, -0.05) is 30.3 Å². The van der Waals surface area contributed by atoms with Crippen molar-refractivity contribution in [3.8, 4) is 10.6 Å². The molecule has 0 radical (unpaired) electrons. The first kappa shape index (κ1) is 23.7. The van der Waals surface area contributed by atoms with E-state index < -0.39 is 17.6 Å². The van der Waals surface area contributed by atoms with Crippen molar-refractivity contribution in [3.05, 3.63) is 70.7 Å². The standard InChI is InChI=1S/C24H23F3N4O2S/c1-16-21(34-23(29-16)17-7-9-18(10-8-17)24(25,26)27)22(33)28-15-20(32)31-13-11-30(12-14-31)19-5-3-2-4-6-19/h2-10H,11-15H2,1H3,(H,28,33). The van der Waals surface area contributed by atoms with Gasteiger partial charge in [0.15, 0.2) is 0 Å². The fourth-order valence-corrected chi connectivity index (χ4v) is 4.72. The number of para-hydroxylation sites is 1. The van der Waals surface area contributed by atoms with E-state index in [0.29, 0.717) is 47.3 Å². The fraction of sp³-hybridized carbons (Fsp3) is 0.292. The molecule has 0 unspecified atom stereocenters. The Labute approximate surface area is 199 Å². The number of carbonyl (C=O) groups excluding carboxylic acids is 2. The number of nitrogens with one attached hydrogen (secondary N) is 1. The van der Waals surface area contributed by atoms with Crippen LogP contribution in [0.15, 0.2) is 54.6 Å². The molecule has 0 aliphatic carbocycles. The van der Waals surface area contributed by atoms with E-state index in [-0.39, 0.29) is 12.5 Å². The summed E-state index contributed by atoms with van der Waals surface area (Å²) < 4.78 is 38.3. The largest absolute Gasteiger partial charge is 0.416 e. The topological polar surface area (TPSA) is 65.5 Å². The summed E-state index contributed by atoms with van der Waals surface area (Å²) in [4.78, 5) is 33.8. The van der Waals surface area contributed by atoms with Gasteiger partial charge < -0.3 is 15.1 Å². The Bertz CT molecular complexity index is 1160. The third kappa shape index (κ3) is 5.39. The van der Waals surface area contributed by atoms with Crippen LogP contribution >= 0.6 is 11.3 Å². The Kier molecular flexibility index (Phi) is 6.87. The zero-order chi connectivity index (χ0) is 24.3. The van der Waals surface area contributed by atoms with E-state index in [1.54, 1.807) is 11.8 Å². The number of anilines is 1. The van der Waals surface area contributed by atoms with Gasteiger partial charge in [-0.05, 0) is 31.2 Å². The summed E-state index contributed by atoms with van der Waals surface area (Å²) in [5.74, 6) is -0.587. The number of benzene rings is 2. The van der Waals surface area contributed by atoms with Crippen LogP contribution in [0.4, 0.5) is 18.9 Å². The van der Waals surface area contributed by atoms with Crippen molar-refractivity contribution >= 4 is 28.8 Å². The number of piperazine rings is 1. The molecular weight excluding hydrogens is 465 g/mol. The maximum Gasteiger partial charge on any atom is 0.416 e. The number of thiazole rings is 1. The van der Waals surface area contributed by atoms with Gasteiger partial charge in [0.05, 0.1) is 17.8 Å². The summed E-state index contributed by atoms with van der Waals surface area (Å²) in [7, 11) is 0. The molecule has 2 amide bonds. The molecule has 34 heavy (non-hydrogen) atoms. The number of halogens is 3. The number of hydrogen-bond donors (Lipinski definition) is 1. The molecule has 3 aromatic rings. The lowest BCUT2D eigenvalue weighted by atomic mass is 10.1. The van der Waals surface area contributed by atoms with E-state index in [4.69, 9.17) is 0 Å². The first-order valence-electron chi connectivity index (χ1n) is 10.7. The highest BCUT2D eigenvalue weighted by atomic mass is 32.1. The maximum atomic E-state index is 12.8. The summed E-state index contributed by atoms with van der Waals surface area (Å²) in [5.41, 5.74) is 1.33. The van der Waals surface area contributed by atoms with Crippen LogP contribution in [0.2, 0.25) is 0 Å². The number of carbonyl (C=O) groups is 2. The summed E-state index contributed by atoms with van der Waals surface area (Å²) >= 11 is 1.08. The van der Waals surface area contributed by atoms with E-state index in [1.165, 1.54) is 12.1 Å². The van der Waals surface area contributed by atoms with Crippen LogP contribution in [0.1, 0.15) is 20.9 Å². The SMILES string of the molecule is Cc1nc(-c2ccc(C(F)(F)F)cc2)sc1C(=O)NCC(=O)N1CCN(c2ccccc2)CC1. The molecule has 1 aliphatic rings. The van der Waals surface area contributed by atoms with Crippen LogP contribution in [-0.2, 0) is 11.0 Å². The van der Waals surface area contributed by atoms with Crippen LogP contribution in [0.5, 0.6) is 0 Å². The summed E-state index contributed by atoms with van der Waals surface area (Å²) in [6, 6.07) is 14.6. The van der Waals surface area contributed by atoms with Crippen LogP contribution < -0.4 is 10.2 Å². The molecule has 0 saturated carbocycles. The molecule has 1 fully saturated rings. The Hall–Kier alpha value is -3.40. The quantitative estimate of drug-likeness (QED) is 0.584. The van der Waals surface area contributed by atoms with Crippen molar-refractivity contribution in [1.82, 2.24) is 15.2 Å². The molecule has 0 spiro atoms. The number of hydrogen-bond acceptors (Lipinski definition) is 5. The van der Waals surface area contributed by atoms with Gasteiger partial charge in [0.1, 0.15) is 9.88 Å². The summed E-state index contributed by atoms with van der Waals surface area (Å²) in [6.45, 7) is 4.10. The highest BCUT2D eigenvalue weighted by Gasteiger charge is 2.30. The molecule has 1 aliphatic heterocycles. The summed E-state index contributed by atoms with van der Waals surface area (Å²) in [6.07, 6.45) is -4.41. The smallest absolute Gasteiger partial charge is 0.368 e.